The first-order valence-corrected chi connectivity index (χ1v) is 6.61. The number of rotatable bonds is 3. The molecule has 2 nitrogen and oxygen atoms in total. The Hall–Kier alpha value is -1.12. The van der Waals surface area contributed by atoms with Crippen LogP contribution in [-0.4, -0.2) is 39.8 Å². The summed E-state index contributed by atoms with van der Waals surface area (Å²) in [7, 11) is 2.30. The van der Waals surface area contributed by atoms with Crippen LogP contribution in [0.1, 0.15) is 12.5 Å². The summed E-state index contributed by atoms with van der Waals surface area (Å²) < 4.78 is 0. The van der Waals surface area contributed by atoms with Crippen molar-refractivity contribution in [3.63, 3.8) is 0 Å². The van der Waals surface area contributed by atoms with E-state index < -0.39 is 0 Å². The van der Waals surface area contributed by atoms with E-state index in [-0.39, 0.29) is 0 Å². The maximum absolute atomic E-state index is 2.32. The van der Waals surface area contributed by atoms with E-state index in [9.17, 15) is 0 Å². The monoisotopic (exact) mass is 232 g/mol. The molecule has 1 aliphatic heterocycles. The number of quaternary nitrogens is 2. The van der Waals surface area contributed by atoms with Crippen LogP contribution < -0.4 is 9.80 Å². The van der Waals surface area contributed by atoms with E-state index in [1.165, 1.54) is 43.9 Å². The van der Waals surface area contributed by atoms with E-state index in [0.717, 1.165) is 0 Å². The molecule has 0 unspecified atom stereocenters. The van der Waals surface area contributed by atoms with Crippen LogP contribution in [0.2, 0.25) is 0 Å². The minimum absolute atomic E-state index is 1.20. The standard InChI is InChI=1S/C15H22N2/c1-14(12-15-6-4-3-5-7-15)13-17-10-8-16(2)9-11-17/h3-7,12H,8-11,13H2,1-2H3/p+2/b14-12+. The molecule has 0 amide bonds. The molecule has 1 aromatic carbocycles. The Morgan fingerprint density at radius 1 is 1.12 bits per heavy atom. The highest BCUT2D eigenvalue weighted by atomic mass is 15.2. The average molecular weight is 232 g/mol. The van der Waals surface area contributed by atoms with Gasteiger partial charge in [-0.15, -0.1) is 0 Å². The lowest BCUT2D eigenvalue weighted by Gasteiger charge is -2.27. The first kappa shape index (κ1) is 12.3. The van der Waals surface area contributed by atoms with E-state index >= 15 is 0 Å². The lowest BCUT2D eigenvalue weighted by atomic mass is 10.1. The summed E-state index contributed by atoms with van der Waals surface area (Å²) in [6.45, 7) is 8.70. The lowest BCUT2D eigenvalue weighted by molar-refractivity contribution is -1.00. The molecule has 0 saturated carbocycles. The molecule has 0 aromatic heterocycles. The SMILES string of the molecule is C/C(=C\c1ccccc1)C[NH+]1CC[NH+](C)CC1. The number of piperazine rings is 1. The first-order valence-electron chi connectivity index (χ1n) is 6.61. The van der Waals surface area contributed by atoms with Gasteiger partial charge in [-0.3, -0.25) is 0 Å². The molecule has 92 valence electrons. The van der Waals surface area contributed by atoms with Gasteiger partial charge in [-0.25, -0.2) is 0 Å². The van der Waals surface area contributed by atoms with Crippen LogP contribution in [0.4, 0.5) is 0 Å². The van der Waals surface area contributed by atoms with Crippen LogP contribution in [0, 0.1) is 0 Å². The third-order valence-electron chi connectivity index (χ3n) is 3.55. The molecule has 0 bridgehead atoms. The third kappa shape index (κ3) is 3.99. The van der Waals surface area contributed by atoms with Crippen LogP contribution in [0.25, 0.3) is 6.08 Å². The maximum atomic E-state index is 2.32. The zero-order valence-corrected chi connectivity index (χ0v) is 11.0. The first-order chi connectivity index (χ1) is 8.24. The molecule has 1 heterocycles. The molecule has 1 aromatic rings. The Labute approximate surface area is 105 Å². The molecular formula is C15H24N2+2. The van der Waals surface area contributed by atoms with Gasteiger partial charge in [-0.2, -0.15) is 0 Å². The summed E-state index contributed by atoms with van der Waals surface area (Å²) in [5, 5.41) is 0. The van der Waals surface area contributed by atoms with Crippen LogP contribution >= 0.6 is 0 Å². The second-order valence-corrected chi connectivity index (χ2v) is 5.29. The zero-order valence-electron chi connectivity index (χ0n) is 11.0. The van der Waals surface area contributed by atoms with Crippen molar-refractivity contribution in [2.45, 2.75) is 6.92 Å². The Balaban J connectivity index is 1.88. The van der Waals surface area contributed by atoms with Gasteiger partial charge in [-0.05, 0) is 18.1 Å². The van der Waals surface area contributed by atoms with E-state index in [4.69, 9.17) is 0 Å². The van der Waals surface area contributed by atoms with E-state index in [1.807, 2.05) is 0 Å². The third-order valence-corrected chi connectivity index (χ3v) is 3.55. The minimum Gasteiger partial charge on any atom is -0.328 e. The largest absolute Gasteiger partial charge is 0.328 e. The number of hydrogen-bond acceptors (Lipinski definition) is 0. The summed E-state index contributed by atoms with van der Waals surface area (Å²) in [4.78, 5) is 3.42. The lowest BCUT2D eigenvalue weighted by Crippen LogP contribution is -3.27. The van der Waals surface area contributed by atoms with Crippen LogP contribution in [0.3, 0.4) is 0 Å². The van der Waals surface area contributed by atoms with Gasteiger partial charge in [0.25, 0.3) is 0 Å². The fourth-order valence-corrected chi connectivity index (χ4v) is 2.49. The van der Waals surface area contributed by atoms with Crippen molar-refractivity contribution in [1.29, 1.82) is 0 Å². The van der Waals surface area contributed by atoms with Crippen molar-refractivity contribution in [2.75, 3.05) is 39.8 Å². The molecule has 17 heavy (non-hydrogen) atoms. The molecular weight excluding hydrogens is 208 g/mol. The van der Waals surface area contributed by atoms with Gasteiger partial charge in [0.15, 0.2) is 0 Å². The molecule has 0 radical (unpaired) electrons. The Morgan fingerprint density at radius 3 is 2.41 bits per heavy atom. The van der Waals surface area contributed by atoms with Crippen LogP contribution in [0.5, 0.6) is 0 Å². The van der Waals surface area contributed by atoms with Gasteiger partial charge in [0.05, 0.1) is 13.6 Å². The fraction of sp³-hybridized carbons (Fsp3) is 0.467. The predicted molar refractivity (Wildman–Crippen MR) is 72.3 cm³/mol. The van der Waals surface area contributed by atoms with Gasteiger partial charge in [0, 0.05) is 0 Å². The van der Waals surface area contributed by atoms with Gasteiger partial charge in [0.1, 0.15) is 26.2 Å². The molecule has 1 aliphatic rings. The molecule has 2 heteroatoms. The molecule has 0 atom stereocenters. The number of likely N-dealkylation sites (N-methyl/N-ethyl adjacent to an activating group) is 1. The van der Waals surface area contributed by atoms with Gasteiger partial charge >= 0.3 is 0 Å². The Morgan fingerprint density at radius 2 is 1.76 bits per heavy atom. The maximum Gasteiger partial charge on any atom is 0.127 e. The number of benzene rings is 1. The second kappa shape index (κ2) is 5.99. The van der Waals surface area contributed by atoms with E-state index in [2.05, 4.69) is 50.4 Å². The van der Waals surface area contributed by atoms with Crippen molar-refractivity contribution < 1.29 is 9.80 Å². The molecule has 0 spiro atoms. The molecule has 1 saturated heterocycles. The van der Waals surface area contributed by atoms with E-state index in [1.54, 1.807) is 9.80 Å². The normalized spacial score (nSPS) is 25.9. The topological polar surface area (TPSA) is 8.88 Å². The van der Waals surface area contributed by atoms with Gasteiger partial charge in [0.2, 0.25) is 0 Å². The van der Waals surface area contributed by atoms with Crippen molar-refractivity contribution in [3.05, 3.63) is 41.5 Å². The van der Waals surface area contributed by atoms with Crippen LogP contribution in [0.15, 0.2) is 35.9 Å². The quantitative estimate of drug-likeness (QED) is 0.695. The molecule has 0 aliphatic carbocycles. The van der Waals surface area contributed by atoms with Crippen molar-refractivity contribution in [3.8, 4) is 0 Å². The second-order valence-electron chi connectivity index (χ2n) is 5.29. The summed E-state index contributed by atoms with van der Waals surface area (Å²) in [6, 6.07) is 10.6. The van der Waals surface area contributed by atoms with Crippen LogP contribution in [-0.2, 0) is 0 Å². The van der Waals surface area contributed by atoms with E-state index in [0.29, 0.717) is 0 Å². The fourth-order valence-electron chi connectivity index (χ4n) is 2.49. The van der Waals surface area contributed by atoms with Crippen molar-refractivity contribution in [2.24, 2.45) is 0 Å². The smallest absolute Gasteiger partial charge is 0.127 e. The minimum atomic E-state index is 1.20. The van der Waals surface area contributed by atoms with Crippen molar-refractivity contribution in [1.82, 2.24) is 0 Å². The van der Waals surface area contributed by atoms with Crippen molar-refractivity contribution >= 4 is 6.08 Å². The van der Waals surface area contributed by atoms with Gasteiger partial charge < -0.3 is 9.80 Å². The summed E-state index contributed by atoms with van der Waals surface area (Å²) in [5.74, 6) is 0. The number of hydrogen-bond donors (Lipinski definition) is 2. The highest BCUT2D eigenvalue weighted by Crippen LogP contribution is 2.04. The molecule has 1 fully saturated rings. The highest BCUT2D eigenvalue weighted by Gasteiger charge is 2.19. The highest BCUT2D eigenvalue weighted by molar-refractivity contribution is 5.52. The zero-order chi connectivity index (χ0) is 12.1. The Bertz CT molecular complexity index is 362. The summed E-state index contributed by atoms with van der Waals surface area (Å²) in [5.41, 5.74) is 2.81. The predicted octanol–water partition coefficient (Wildman–Crippen LogP) is -0.497. The summed E-state index contributed by atoms with van der Waals surface area (Å²) >= 11 is 0. The summed E-state index contributed by atoms with van der Waals surface area (Å²) in [6.07, 6.45) is 2.32. The molecule has 2 rings (SSSR count). The average Bonchev–Trinajstić information content (AvgIpc) is 2.33. The Kier molecular flexibility index (Phi) is 4.35. The number of nitrogens with one attached hydrogen (secondary N) is 2. The van der Waals surface area contributed by atoms with Gasteiger partial charge in [-0.1, -0.05) is 36.4 Å². The molecule has 2 N–H and O–H groups in total.